The first-order valence-corrected chi connectivity index (χ1v) is 7.66. The van der Waals surface area contributed by atoms with E-state index in [1.54, 1.807) is 0 Å². The summed E-state index contributed by atoms with van der Waals surface area (Å²) in [5, 5.41) is 4.18. The molecular formula is C16H29N3O. The van der Waals surface area contributed by atoms with Gasteiger partial charge in [0, 0.05) is 30.6 Å². The number of nitrogens with zero attached hydrogens (tertiary/aromatic N) is 3. The first-order chi connectivity index (χ1) is 9.30. The molecule has 1 aromatic heterocycles. The fourth-order valence-corrected chi connectivity index (χ4v) is 3.01. The topological polar surface area (TPSA) is 32.5 Å². The minimum absolute atomic E-state index is 0.293. The summed E-state index contributed by atoms with van der Waals surface area (Å²) in [6.07, 6.45) is 1.28. The van der Waals surface area contributed by atoms with Crippen molar-refractivity contribution in [2.45, 2.75) is 52.1 Å². The third kappa shape index (κ3) is 3.23. The van der Waals surface area contributed by atoms with E-state index in [1.807, 2.05) is 0 Å². The van der Waals surface area contributed by atoms with Crippen molar-refractivity contribution in [2.24, 2.45) is 5.92 Å². The Hall–Kier alpha value is -0.870. The molecule has 0 unspecified atom stereocenters. The minimum Gasteiger partial charge on any atom is -0.361 e. The van der Waals surface area contributed by atoms with Crippen LogP contribution in [0.25, 0.3) is 0 Å². The summed E-state index contributed by atoms with van der Waals surface area (Å²) in [5.41, 5.74) is 1.33. The lowest BCUT2D eigenvalue weighted by Crippen LogP contribution is -2.43. The first-order valence-electron chi connectivity index (χ1n) is 7.66. The average Bonchev–Trinajstić information content (AvgIpc) is 2.90. The van der Waals surface area contributed by atoms with E-state index in [-0.39, 0.29) is 0 Å². The van der Waals surface area contributed by atoms with E-state index in [2.05, 4.69) is 62.8 Å². The second kappa shape index (κ2) is 5.86. The molecule has 2 heterocycles. The minimum atomic E-state index is 0.293. The first kappa shape index (κ1) is 15.5. The predicted molar refractivity (Wildman–Crippen MR) is 81.7 cm³/mol. The molecule has 0 aliphatic carbocycles. The molecular weight excluding hydrogens is 250 g/mol. The average molecular weight is 279 g/mol. The second-order valence-corrected chi connectivity index (χ2v) is 7.13. The van der Waals surface area contributed by atoms with E-state index in [1.165, 1.54) is 13.0 Å². The maximum absolute atomic E-state index is 5.37. The lowest BCUT2D eigenvalue weighted by molar-refractivity contribution is 0.139. The van der Waals surface area contributed by atoms with Crippen LogP contribution in [0.1, 0.15) is 51.5 Å². The summed E-state index contributed by atoms with van der Waals surface area (Å²) in [5.74, 6) is 2.10. The summed E-state index contributed by atoms with van der Waals surface area (Å²) >= 11 is 0. The molecule has 4 nitrogen and oxygen atoms in total. The highest BCUT2D eigenvalue weighted by atomic mass is 16.5. The van der Waals surface area contributed by atoms with Crippen LogP contribution in [0.15, 0.2) is 10.6 Å². The van der Waals surface area contributed by atoms with Crippen molar-refractivity contribution >= 4 is 0 Å². The van der Waals surface area contributed by atoms with Crippen molar-refractivity contribution in [3.05, 3.63) is 17.5 Å². The Labute approximate surface area is 123 Å². The van der Waals surface area contributed by atoms with E-state index >= 15 is 0 Å². The van der Waals surface area contributed by atoms with E-state index in [4.69, 9.17) is 4.52 Å². The highest BCUT2D eigenvalue weighted by Crippen LogP contribution is 2.33. The summed E-state index contributed by atoms with van der Waals surface area (Å²) in [4.78, 5) is 4.84. The summed E-state index contributed by atoms with van der Waals surface area (Å²) in [6.45, 7) is 12.1. The van der Waals surface area contributed by atoms with Crippen molar-refractivity contribution in [1.82, 2.24) is 15.0 Å². The quantitative estimate of drug-likeness (QED) is 0.829. The zero-order valence-corrected chi connectivity index (χ0v) is 13.8. The van der Waals surface area contributed by atoms with Crippen LogP contribution in [0.5, 0.6) is 0 Å². The summed E-state index contributed by atoms with van der Waals surface area (Å²) in [7, 11) is 4.41. The normalized spacial score (nSPS) is 23.1. The molecule has 1 aliphatic rings. The van der Waals surface area contributed by atoms with Crippen molar-refractivity contribution in [3.8, 4) is 0 Å². The van der Waals surface area contributed by atoms with Gasteiger partial charge in [-0.05, 0) is 46.8 Å². The zero-order valence-electron chi connectivity index (χ0n) is 13.8. The van der Waals surface area contributed by atoms with E-state index in [9.17, 15) is 0 Å². The molecule has 2 rings (SSSR count). The van der Waals surface area contributed by atoms with Gasteiger partial charge in [0.2, 0.25) is 0 Å². The van der Waals surface area contributed by atoms with Gasteiger partial charge >= 0.3 is 0 Å². The Kier molecular flexibility index (Phi) is 4.55. The third-order valence-electron chi connectivity index (χ3n) is 4.91. The maximum Gasteiger partial charge on any atom is 0.139 e. The second-order valence-electron chi connectivity index (χ2n) is 7.13. The lowest BCUT2D eigenvalue weighted by Gasteiger charge is -2.35. The highest BCUT2D eigenvalue weighted by Gasteiger charge is 2.39. The Morgan fingerprint density at radius 2 is 2.20 bits per heavy atom. The van der Waals surface area contributed by atoms with Gasteiger partial charge in [-0.1, -0.05) is 19.0 Å². The van der Waals surface area contributed by atoms with Crippen LogP contribution in [0.2, 0.25) is 0 Å². The zero-order chi connectivity index (χ0) is 14.9. The monoisotopic (exact) mass is 279 g/mol. The standard InChI is InChI=1S/C16H29N3O/c1-12(2)15-9-14(17-20-15)11-18(5)10-13-7-8-19(6)16(13,3)4/h9,12-13H,7-8,10-11H2,1-6H3/t13-/m0/s1. The third-order valence-corrected chi connectivity index (χ3v) is 4.91. The Bertz CT molecular complexity index is 439. The van der Waals surface area contributed by atoms with Gasteiger partial charge in [0.1, 0.15) is 5.76 Å². The Morgan fingerprint density at radius 1 is 1.50 bits per heavy atom. The number of aromatic nitrogens is 1. The van der Waals surface area contributed by atoms with Gasteiger partial charge in [-0.3, -0.25) is 0 Å². The molecule has 114 valence electrons. The number of likely N-dealkylation sites (tertiary alicyclic amines) is 1. The van der Waals surface area contributed by atoms with Crippen LogP contribution in [-0.4, -0.2) is 47.7 Å². The molecule has 0 radical (unpaired) electrons. The summed E-state index contributed by atoms with van der Waals surface area (Å²) < 4.78 is 5.37. The highest BCUT2D eigenvalue weighted by molar-refractivity contribution is 5.08. The fraction of sp³-hybridized carbons (Fsp3) is 0.812. The van der Waals surface area contributed by atoms with Crippen LogP contribution in [0.3, 0.4) is 0 Å². The van der Waals surface area contributed by atoms with Gasteiger partial charge < -0.3 is 14.3 Å². The Morgan fingerprint density at radius 3 is 2.70 bits per heavy atom. The predicted octanol–water partition coefficient (Wildman–Crippen LogP) is 2.96. The molecule has 1 fully saturated rings. The molecule has 20 heavy (non-hydrogen) atoms. The number of hydrogen-bond acceptors (Lipinski definition) is 4. The van der Waals surface area contributed by atoms with Crippen LogP contribution < -0.4 is 0 Å². The van der Waals surface area contributed by atoms with Crippen LogP contribution in [-0.2, 0) is 6.54 Å². The van der Waals surface area contributed by atoms with E-state index < -0.39 is 0 Å². The molecule has 0 amide bonds. The lowest BCUT2D eigenvalue weighted by atomic mass is 9.88. The number of hydrogen-bond donors (Lipinski definition) is 0. The van der Waals surface area contributed by atoms with Gasteiger partial charge in [0.25, 0.3) is 0 Å². The van der Waals surface area contributed by atoms with Gasteiger partial charge in [-0.15, -0.1) is 0 Å². The fourth-order valence-electron chi connectivity index (χ4n) is 3.01. The van der Waals surface area contributed by atoms with Crippen molar-refractivity contribution in [1.29, 1.82) is 0 Å². The summed E-state index contributed by atoms with van der Waals surface area (Å²) in [6, 6.07) is 2.09. The molecule has 0 spiro atoms. The molecule has 0 bridgehead atoms. The van der Waals surface area contributed by atoms with E-state index in [0.29, 0.717) is 17.4 Å². The molecule has 0 N–H and O–H groups in total. The van der Waals surface area contributed by atoms with Gasteiger partial charge in [0.15, 0.2) is 0 Å². The number of rotatable bonds is 5. The molecule has 0 aromatic carbocycles. The molecule has 1 aromatic rings. The van der Waals surface area contributed by atoms with Crippen LogP contribution >= 0.6 is 0 Å². The maximum atomic E-state index is 5.37. The van der Waals surface area contributed by atoms with Crippen molar-refractivity contribution in [3.63, 3.8) is 0 Å². The SMILES string of the molecule is CC(C)c1cc(CN(C)C[C@@H]2CCN(C)C2(C)C)no1. The smallest absolute Gasteiger partial charge is 0.139 e. The van der Waals surface area contributed by atoms with Gasteiger partial charge in [0.05, 0.1) is 5.69 Å². The van der Waals surface area contributed by atoms with Crippen LogP contribution in [0.4, 0.5) is 0 Å². The van der Waals surface area contributed by atoms with Crippen LogP contribution in [0, 0.1) is 5.92 Å². The van der Waals surface area contributed by atoms with Gasteiger partial charge in [-0.25, -0.2) is 0 Å². The molecule has 1 saturated heterocycles. The molecule has 4 heteroatoms. The molecule has 0 saturated carbocycles. The molecule has 1 atom stereocenters. The van der Waals surface area contributed by atoms with Gasteiger partial charge in [-0.2, -0.15) is 0 Å². The van der Waals surface area contributed by atoms with E-state index in [0.717, 1.165) is 24.5 Å². The van der Waals surface area contributed by atoms with Crippen molar-refractivity contribution < 1.29 is 4.52 Å². The Balaban J connectivity index is 1.90. The largest absolute Gasteiger partial charge is 0.361 e. The molecule has 1 aliphatic heterocycles. The van der Waals surface area contributed by atoms with Crippen molar-refractivity contribution in [2.75, 3.05) is 27.2 Å².